The van der Waals surface area contributed by atoms with Gasteiger partial charge in [-0.15, -0.1) is 5.10 Å². The summed E-state index contributed by atoms with van der Waals surface area (Å²) in [5.41, 5.74) is 7.16. The average Bonchev–Trinajstić information content (AvgIpc) is 3.22. The van der Waals surface area contributed by atoms with Crippen molar-refractivity contribution in [1.82, 2.24) is 20.0 Å². The van der Waals surface area contributed by atoms with Gasteiger partial charge in [0.2, 0.25) is 0 Å². The lowest BCUT2D eigenvalue weighted by Gasteiger charge is -2.23. The van der Waals surface area contributed by atoms with Gasteiger partial charge in [0, 0.05) is 30.4 Å². The van der Waals surface area contributed by atoms with E-state index in [1.54, 1.807) is 10.9 Å². The van der Waals surface area contributed by atoms with E-state index in [-0.39, 0.29) is 5.92 Å². The Kier molecular flexibility index (Phi) is 5.98. The monoisotopic (exact) mass is 411 g/mol. The molecule has 2 aromatic carbocycles. The van der Waals surface area contributed by atoms with Gasteiger partial charge in [0.05, 0.1) is 6.20 Å². The first-order chi connectivity index (χ1) is 15.0. The Morgan fingerprint density at radius 1 is 1.00 bits per heavy atom. The van der Waals surface area contributed by atoms with Crippen LogP contribution in [0.3, 0.4) is 0 Å². The number of benzene rings is 2. The summed E-state index contributed by atoms with van der Waals surface area (Å²) in [7, 11) is 1.85. The van der Waals surface area contributed by atoms with E-state index >= 15 is 0 Å². The molecule has 6 heteroatoms. The molecule has 4 rings (SSSR count). The van der Waals surface area contributed by atoms with Crippen LogP contribution in [0.4, 0.5) is 0 Å². The normalized spacial score (nSPS) is 13.0. The molecule has 0 bridgehead atoms. The lowest BCUT2D eigenvalue weighted by atomic mass is 9.82. The molecule has 4 aromatic rings. The molecule has 156 valence electrons. The largest absolute Gasteiger partial charge is 0.262 e. The molecule has 2 unspecified atom stereocenters. The van der Waals surface area contributed by atoms with Crippen molar-refractivity contribution in [3.8, 4) is 11.3 Å². The van der Waals surface area contributed by atoms with Gasteiger partial charge in [-0.1, -0.05) is 58.9 Å². The van der Waals surface area contributed by atoms with Crippen LogP contribution >= 0.6 is 0 Å². The van der Waals surface area contributed by atoms with Crippen LogP contribution in [-0.4, -0.2) is 20.0 Å². The Morgan fingerprint density at radius 3 is 2.42 bits per heavy atom. The van der Waals surface area contributed by atoms with E-state index in [9.17, 15) is 4.91 Å². The van der Waals surface area contributed by atoms with Gasteiger partial charge in [0.1, 0.15) is 11.7 Å². The maximum Gasteiger partial charge on any atom is 0.118 e. The van der Waals surface area contributed by atoms with Crippen LogP contribution in [0, 0.1) is 18.8 Å². The highest BCUT2D eigenvalue weighted by molar-refractivity contribution is 5.58. The zero-order chi connectivity index (χ0) is 21.8. The summed E-state index contributed by atoms with van der Waals surface area (Å²) >= 11 is 0. The van der Waals surface area contributed by atoms with E-state index in [0.29, 0.717) is 6.42 Å². The van der Waals surface area contributed by atoms with Crippen molar-refractivity contribution < 1.29 is 0 Å². The number of hydrogen-bond acceptors (Lipinski definition) is 5. The first-order valence-corrected chi connectivity index (χ1v) is 10.3. The zero-order valence-corrected chi connectivity index (χ0v) is 17.9. The summed E-state index contributed by atoms with van der Waals surface area (Å²) in [4.78, 5) is 16.1. The molecule has 0 spiro atoms. The fraction of sp³-hybridized carbons (Fsp3) is 0.240. The Morgan fingerprint density at radius 2 is 1.77 bits per heavy atom. The molecule has 6 nitrogen and oxygen atoms in total. The van der Waals surface area contributed by atoms with Crippen molar-refractivity contribution >= 4 is 0 Å². The Hall–Kier alpha value is -3.67. The maximum absolute atomic E-state index is 11.9. The van der Waals surface area contributed by atoms with Gasteiger partial charge in [-0.25, -0.2) is 0 Å². The molecule has 0 aliphatic rings. The van der Waals surface area contributed by atoms with Gasteiger partial charge in [-0.3, -0.25) is 9.67 Å². The second-order valence-corrected chi connectivity index (χ2v) is 7.90. The minimum Gasteiger partial charge on any atom is -0.262 e. The zero-order valence-electron chi connectivity index (χ0n) is 17.9. The first-order valence-electron chi connectivity index (χ1n) is 10.3. The third-order valence-electron chi connectivity index (χ3n) is 5.67. The smallest absolute Gasteiger partial charge is 0.118 e. The minimum absolute atomic E-state index is 0.0354. The van der Waals surface area contributed by atoms with Gasteiger partial charge in [-0.05, 0) is 54.7 Å². The highest BCUT2D eigenvalue weighted by atomic mass is 16.3. The molecule has 0 saturated heterocycles. The van der Waals surface area contributed by atoms with Crippen LogP contribution in [0.25, 0.3) is 11.3 Å². The van der Waals surface area contributed by atoms with Crippen LogP contribution < -0.4 is 0 Å². The van der Waals surface area contributed by atoms with Crippen molar-refractivity contribution in [3.05, 3.63) is 106 Å². The van der Waals surface area contributed by atoms with Crippen molar-refractivity contribution in [3.63, 3.8) is 0 Å². The molecule has 0 N–H and O–H groups in total. The molecule has 0 aliphatic heterocycles. The Balaban J connectivity index is 1.71. The van der Waals surface area contributed by atoms with Crippen LogP contribution in [0.15, 0.2) is 78.2 Å². The predicted molar refractivity (Wildman–Crippen MR) is 122 cm³/mol. The molecular weight excluding hydrogens is 386 g/mol. The lowest BCUT2D eigenvalue weighted by molar-refractivity contribution is 0.591. The lowest BCUT2D eigenvalue weighted by Crippen LogP contribution is -2.09. The van der Waals surface area contributed by atoms with Crippen molar-refractivity contribution in [1.29, 1.82) is 0 Å². The first kappa shape index (κ1) is 20.6. The van der Waals surface area contributed by atoms with E-state index in [1.807, 2.05) is 44.4 Å². The van der Waals surface area contributed by atoms with E-state index in [2.05, 4.69) is 63.8 Å². The highest BCUT2D eigenvalue weighted by Gasteiger charge is 2.23. The topological polar surface area (TPSA) is 73.0 Å². The summed E-state index contributed by atoms with van der Waals surface area (Å²) in [6, 6.07) is 20.0. The molecule has 0 fully saturated rings. The number of nitrogens with zero attached hydrogens (tertiary/aromatic N) is 5. The molecular formula is C25H25N5O. The number of rotatable bonds is 7. The molecule has 0 saturated carbocycles. The molecule has 2 heterocycles. The fourth-order valence-corrected chi connectivity index (χ4v) is 4.02. The third kappa shape index (κ3) is 4.58. The second-order valence-electron chi connectivity index (χ2n) is 7.90. The third-order valence-corrected chi connectivity index (χ3v) is 5.67. The van der Waals surface area contributed by atoms with E-state index < -0.39 is 6.04 Å². The molecule has 2 atom stereocenters. The molecule has 0 amide bonds. The second kappa shape index (κ2) is 9.00. The van der Waals surface area contributed by atoms with Crippen molar-refractivity contribution in [2.45, 2.75) is 32.2 Å². The summed E-state index contributed by atoms with van der Waals surface area (Å²) in [6.07, 6.45) is 4.22. The van der Waals surface area contributed by atoms with Gasteiger partial charge in [0.15, 0.2) is 0 Å². The summed E-state index contributed by atoms with van der Waals surface area (Å²) in [6.45, 7) is 4.03. The van der Waals surface area contributed by atoms with Crippen molar-refractivity contribution in [2.24, 2.45) is 12.2 Å². The summed E-state index contributed by atoms with van der Waals surface area (Å²) in [5.74, 6) is 0.0354. The maximum atomic E-state index is 11.9. The highest BCUT2D eigenvalue weighted by Crippen LogP contribution is 2.37. The molecule has 0 aliphatic carbocycles. The Bertz CT molecular complexity index is 1180. The van der Waals surface area contributed by atoms with Crippen LogP contribution in [-0.2, 0) is 7.05 Å². The van der Waals surface area contributed by atoms with E-state index in [0.717, 1.165) is 28.1 Å². The van der Waals surface area contributed by atoms with Crippen LogP contribution in [0.2, 0.25) is 0 Å². The Labute approximate surface area is 182 Å². The standard InChI is InChI=1S/C25H25N5O/c1-17-6-4-5-7-22(17)23(15-24(28-31)21-12-13-26-18(2)14-21)19-8-10-20(11-9-19)25-16-30(3)29-27-25/h4-14,16,23-24H,15H2,1-3H3. The fourth-order valence-electron chi connectivity index (χ4n) is 4.02. The predicted octanol–water partition coefficient (Wildman–Crippen LogP) is 5.52. The van der Waals surface area contributed by atoms with Crippen molar-refractivity contribution in [2.75, 3.05) is 0 Å². The number of aromatic nitrogens is 4. The molecule has 2 aromatic heterocycles. The number of pyridine rings is 1. The summed E-state index contributed by atoms with van der Waals surface area (Å²) in [5, 5.41) is 11.7. The number of aryl methyl sites for hydroxylation is 3. The molecule has 31 heavy (non-hydrogen) atoms. The summed E-state index contributed by atoms with van der Waals surface area (Å²) < 4.78 is 1.69. The van der Waals surface area contributed by atoms with E-state index in [1.165, 1.54) is 11.1 Å². The SMILES string of the molecule is Cc1cc(C(CC(c2ccc(-c3cn(C)nn3)cc2)c2ccccc2C)N=O)ccn1. The number of nitroso groups, excluding NO2 is 1. The van der Waals surface area contributed by atoms with E-state index in [4.69, 9.17) is 0 Å². The quantitative estimate of drug-likeness (QED) is 0.375. The van der Waals surface area contributed by atoms with Gasteiger partial charge < -0.3 is 0 Å². The van der Waals surface area contributed by atoms with Gasteiger partial charge in [0.25, 0.3) is 0 Å². The number of hydrogen-bond donors (Lipinski definition) is 0. The van der Waals surface area contributed by atoms with Crippen LogP contribution in [0.1, 0.15) is 46.3 Å². The van der Waals surface area contributed by atoms with Gasteiger partial charge >= 0.3 is 0 Å². The van der Waals surface area contributed by atoms with Crippen LogP contribution in [0.5, 0.6) is 0 Å². The average molecular weight is 412 g/mol. The minimum atomic E-state index is -0.453. The van der Waals surface area contributed by atoms with Gasteiger partial charge in [-0.2, -0.15) is 4.91 Å². The molecule has 0 radical (unpaired) electrons.